The van der Waals surface area contributed by atoms with Gasteiger partial charge in [-0.3, -0.25) is 4.79 Å². The molecule has 1 fully saturated rings. The van der Waals surface area contributed by atoms with Crippen LogP contribution in [0.5, 0.6) is 5.75 Å². The van der Waals surface area contributed by atoms with Gasteiger partial charge in [0.25, 0.3) is 5.91 Å². The number of nitriles is 1. The summed E-state index contributed by atoms with van der Waals surface area (Å²) in [6, 6.07) is 8.68. The number of amides is 1. The van der Waals surface area contributed by atoms with Crippen LogP contribution in [0.1, 0.15) is 30.1 Å². The van der Waals surface area contributed by atoms with E-state index in [-0.39, 0.29) is 17.1 Å². The lowest BCUT2D eigenvalue weighted by molar-refractivity contribution is 0.0661. The molecule has 0 saturated carbocycles. The van der Waals surface area contributed by atoms with Crippen molar-refractivity contribution < 1.29 is 9.90 Å². The topological polar surface area (TPSA) is 64.3 Å². The van der Waals surface area contributed by atoms with E-state index < -0.39 is 0 Å². The minimum atomic E-state index is -0.310. The van der Waals surface area contributed by atoms with E-state index in [1.807, 2.05) is 6.92 Å². The van der Waals surface area contributed by atoms with Crippen molar-refractivity contribution in [3.8, 4) is 11.8 Å². The van der Waals surface area contributed by atoms with Gasteiger partial charge in [-0.25, -0.2) is 0 Å². The maximum absolute atomic E-state index is 12.2. The first-order valence-corrected chi connectivity index (χ1v) is 6.04. The number of phenols is 1. The Hall–Kier alpha value is -2.02. The predicted octanol–water partition coefficient (Wildman–Crippen LogP) is 2.16. The average Bonchev–Trinajstić information content (AvgIpc) is 2.39. The molecule has 4 nitrogen and oxygen atoms in total. The number of phenolic OH excluding ortho intramolecular Hbond substituents is 1. The number of carbonyl (C=O) groups is 1. The second-order valence-corrected chi connectivity index (χ2v) is 5.01. The van der Waals surface area contributed by atoms with Gasteiger partial charge in [0.2, 0.25) is 0 Å². The summed E-state index contributed by atoms with van der Waals surface area (Å²) in [5, 5.41) is 18.4. The smallest absolute Gasteiger partial charge is 0.253 e. The van der Waals surface area contributed by atoms with Crippen LogP contribution in [-0.2, 0) is 0 Å². The van der Waals surface area contributed by atoms with E-state index >= 15 is 0 Å². The highest BCUT2D eigenvalue weighted by Crippen LogP contribution is 2.30. The molecule has 4 heteroatoms. The second-order valence-electron chi connectivity index (χ2n) is 5.01. The molecular formula is C14H16N2O2. The monoisotopic (exact) mass is 244 g/mol. The number of hydrogen-bond donors (Lipinski definition) is 1. The van der Waals surface area contributed by atoms with Gasteiger partial charge in [0.15, 0.2) is 0 Å². The van der Waals surface area contributed by atoms with E-state index in [4.69, 9.17) is 5.26 Å². The maximum atomic E-state index is 12.2. The Morgan fingerprint density at radius 3 is 2.67 bits per heavy atom. The summed E-state index contributed by atoms with van der Waals surface area (Å²) < 4.78 is 0. The summed E-state index contributed by atoms with van der Waals surface area (Å²) in [4.78, 5) is 13.9. The molecule has 94 valence electrons. The van der Waals surface area contributed by atoms with Gasteiger partial charge in [-0.2, -0.15) is 5.26 Å². The van der Waals surface area contributed by atoms with E-state index in [2.05, 4.69) is 6.07 Å². The van der Waals surface area contributed by atoms with Crippen LogP contribution in [0.25, 0.3) is 0 Å². The lowest BCUT2D eigenvalue weighted by atomic mass is 9.82. The molecule has 18 heavy (non-hydrogen) atoms. The summed E-state index contributed by atoms with van der Waals surface area (Å²) in [7, 11) is 0. The molecule has 0 aliphatic carbocycles. The van der Waals surface area contributed by atoms with Crippen LogP contribution in [0, 0.1) is 16.7 Å². The first-order valence-electron chi connectivity index (χ1n) is 6.04. The molecule has 1 aliphatic rings. The zero-order valence-corrected chi connectivity index (χ0v) is 10.4. The molecule has 1 amide bonds. The fraction of sp³-hybridized carbons (Fsp3) is 0.429. The molecule has 0 atom stereocenters. The number of hydrogen-bond acceptors (Lipinski definition) is 3. The standard InChI is InChI=1S/C14H16N2O2/c1-14(10-15)5-7-16(8-6-14)13(18)11-3-2-4-12(17)9-11/h2-4,9,17H,5-8H2,1H3. The molecular weight excluding hydrogens is 228 g/mol. The molecule has 1 saturated heterocycles. The Morgan fingerprint density at radius 1 is 1.44 bits per heavy atom. The van der Waals surface area contributed by atoms with E-state index in [0.29, 0.717) is 31.5 Å². The molecule has 0 aromatic heterocycles. The summed E-state index contributed by atoms with van der Waals surface area (Å²) in [6.45, 7) is 3.13. The zero-order chi connectivity index (χ0) is 13.2. The second kappa shape index (κ2) is 4.69. The number of carbonyl (C=O) groups excluding carboxylic acids is 1. The van der Waals surface area contributed by atoms with E-state index in [9.17, 15) is 9.90 Å². The van der Waals surface area contributed by atoms with Crippen LogP contribution in [0.4, 0.5) is 0 Å². The number of benzene rings is 1. The van der Waals surface area contributed by atoms with Crippen LogP contribution < -0.4 is 0 Å². The van der Waals surface area contributed by atoms with Crippen molar-refractivity contribution in [2.24, 2.45) is 5.41 Å². The van der Waals surface area contributed by atoms with Gasteiger partial charge in [-0.1, -0.05) is 6.07 Å². The summed E-state index contributed by atoms with van der Waals surface area (Å²) in [5.41, 5.74) is 0.186. The average molecular weight is 244 g/mol. The van der Waals surface area contributed by atoms with Crippen LogP contribution in [0.3, 0.4) is 0 Å². The minimum Gasteiger partial charge on any atom is -0.508 e. The Bertz CT molecular complexity index is 497. The Morgan fingerprint density at radius 2 is 2.11 bits per heavy atom. The lowest BCUT2D eigenvalue weighted by Gasteiger charge is -2.34. The third-order valence-corrected chi connectivity index (χ3v) is 3.52. The SMILES string of the molecule is CC1(C#N)CCN(C(=O)c2cccc(O)c2)CC1. The lowest BCUT2D eigenvalue weighted by Crippen LogP contribution is -2.41. The van der Waals surface area contributed by atoms with Crippen LogP contribution >= 0.6 is 0 Å². The van der Waals surface area contributed by atoms with Crippen molar-refractivity contribution in [1.29, 1.82) is 5.26 Å². The fourth-order valence-corrected chi connectivity index (χ4v) is 2.14. The highest BCUT2D eigenvalue weighted by molar-refractivity contribution is 5.94. The molecule has 2 rings (SSSR count). The van der Waals surface area contributed by atoms with Crippen molar-refractivity contribution in [2.45, 2.75) is 19.8 Å². The van der Waals surface area contributed by atoms with Crippen molar-refractivity contribution in [1.82, 2.24) is 4.90 Å². The quantitative estimate of drug-likeness (QED) is 0.823. The Labute approximate surface area is 106 Å². The highest BCUT2D eigenvalue weighted by Gasteiger charge is 2.32. The highest BCUT2D eigenvalue weighted by atomic mass is 16.3. The Balaban J connectivity index is 2.07. The molecule has 0 unspecified atom stereocenters. The minimum absolute atomic E-state index is 0.0779. The van der Waals surface area contributed by atoms with E-state index in [0.717, 1.165) is 0 Å². The molecule has 1 aromatic rings. The van der Waals surface area contributed by atoms with Crippen molar-refractivity contribution in [3.63, 3.8) is 0 Å². The van der Waals surface area contributed by atoms with Crippen molar-refractivity contribution in [3.05, 3.63) is 29.8 Å². The summed E-state index contributed by atoms with van der Waals surface area (Å²) in [6.07, 6.45) is 1.40. The van der Waals surface area contributed by atoms with Gasteiger partial charge in [-0.05, 0) is 38.0 Å². The van der Waals surface area contributed by atoms with E-state index in [1.165, 1.54) is 6.07 Å². The number of aromatic hydroxyl groups is 1. The summed E-state index contributed by atoms with van der Waals surface area (Å²) >= 11 is 0. The first-order chi connectivity index (χ1) is 8.54. The third-order valence-electron chi connectivity index (χ3n) is 3.52. The maximum Gasteiger partial charge on any atom is 0.253 e. The van der Waals surface area contributed by atoms with Gasteiger partial charge >= 0.3 is 0 Å². The third kappa shape index (κ3) is 2.45. The molecule has 1 N–H and O–H groups in total. The van der Waals surface area contributed by atoms with Crippen LogP contribution in [-0.4, -0.2) is 29.0 Å². The Kier molecular flexibility index (Phi) is 3.24. The molecule has 1 heterocycles. The van der Waals surface area contributed by atoms with Crippen molar-refractivity contribution >= 4 is 5.91 Å². The fourth-order valence-electron chi connectivity index (χ4n) is 2.14. The van der Waals surface area contributed by atoms with Gasteiger partial charge in [0.05, 0.1) is 11.5 Å². The van der Waals surface area contributed by atoms with E-state index in [1.54, 1.807) is 23.1 Å². The predicted molar refractivity (Wildman–Crippen MR) is 67.0 cm³/mol. The zero-order valence-electron chi connectivity index (χ0n) is 10.4. The van der Waals surface area contributed by atoms with Gasteiger partial charge in [-0.15, -0.1) is 0 Å². The molecule has 0 spiro atoms. The normalized spacial score (nSPS) is 18.1. The van der Waals surface area contributed by atoms with Crippen LogP contribution in [0.2, 0.25) is 0 Å². The van der Waals surface area contributed by atoms with Crippen LogP contribution in [0.15, 0.2) is 24.3 Å². The number of nitrogens with zero attached hydrogens (tertiary/aromatic N) is 2. The largest absolute Gasteiger partial charge is 0.508 e. The van der Waals surface area contributed by atoms with Crippen molar-refractivity contribution in [2.75, 3.05) is 13.1 Å². The van der Waals surface area contributed by atoms with Gasteiger partial charge < -0.3 is 10.0 Å². The van der Waals surface area contributed by atoms with Gasteiger partial charge in [0.1, 0.15) is 5.75 Å². The first kappa shape index (κ1) is 12.4. The molecule has 1 aromatic carbocycles. The number of piperidine rings is 1. The summed E-state index contributed by atoms with van der Waals surface area (Å²) in [5.74, 6) is 0.0191. The number of rotatable bonds is 1. The molecule has 0 bridgehead atoms. The molecule has 0 radical (unpaired) electrons. The number of likely N-dealkylation sites (tertiary alicyclic amines) is 1. The molecule has 1 aliphatic heterocycles. The van der Waals surface area contributed by atoms with Gasteiger partial charge in [0, 0.05) is 18.7 Å².